The van der Waals surface area contributed by atoms with Crippen molar-refractivity contribution in [1.82, 2.24) is 21.3 Å². The molecular weight excluding hydrogens is 436 g/mol. The molecule has 0 radical (unpaired) electrons. The molecule has 13 nitrogen and oxygen atoms in total. The molecule has 0 bridgehead atoms. The lowest BCUT2D eigenvalue weighted by Gasteiger charge is -2.28. The molecule has 0 aromatic carbocycles. The van der Waals surface area contributed by atoms with Crippen molar-refractivity contribution in [2.45, 2.75) is 76.5 Å². The number of carboxylic acid groups (broad SMARTS) is 1. The second-order valence-electron chi connectivity index (χ2n) is 8.16. The molecule has 1 rings (SSSR count). The van der Waals surface area contributed by atoms with Gasteiger partial charge in [0.1, 0.15) is 18.1 Å². The van der Waals surface area contributed by atoms with Gasteiger partial charge in [0.25, 0.3) is 0 Å². The Labute approximate surface area is 191 Å². The minimum atomic E-state index is -1.56. The van der Waals surface area contributed by atoms with Crippen molar-refractivity contribution < 1.29 is 33.9 Å². The van der Waals surface area contributed by atoms with E-state index in [-0.39, 0.29) is 12.8 Å². The zero-order valence-corrected chi connectivity index (χ0v) is 18.9. The van der Waals surface area contributed by atoms with Crippen LogP contribution in [0.4, 0.5) is 0 Å². The Morgan fingerprint density at radius 2 is 1.67 bits per heavy atom. The number of rotatable bonds is 14. The second-order valence-corrected chi connectivity index (χ2v) is 8.16. The van der Waals surface area contributed by atoms with Crippen molar-refractivity contribution in [2.75, 3.05) is 6.54 Å². The average Bonchev–Trinajstić information content (AvgIpc) is 3.28. The molecule has 1 aliphatic rings. The van der Waals surface area contributed by atoms with Gasteiger partial charge in [0.05, 0.1) is 12.5 Å². The number of nitrogens with two attached hydrogens (primary N) is 2. The quantitative estimate of drug-likeness (QED) is 0.143. The molecule has 186 valence electrons. The fourth-order valence-corrected chi connectivity index (χ4v) is 3.35. The Bertz CT molecular complexity index is 753. The highest BCUT2D eigenvalue weighted by Gasteiger charge is 2.33. The predicted molar refractivity (Wildman–Crippen MR) is 116 cm³/mol. The van der Waals surface area contributed by atoms with Gasteiger partial charge in [-0.15, -0.1) is 0 Å². The highest BCUT2D eigenvalue weighted by Crippen LogP contribution is 2.11. The summed E-state index contributed by atoms with van der Waals surface area (Å²) in [6.07, 6.45) is 1.00. The average molecular weight is 471 g/mol. The molecular formula is C20H34N6O7. The monoisotopic (exact) mass is 470 g/mol. The minimum absolute atomic E-state index is 0.0755. The molecule has 1 fully saturated rings. The molecule has 0 aliphatic carbocycles. The first kappa shape index (κ1) is 27.8. The maximum Gasteiger partial charge on any atom is 0.326 e. The molecule has 0 spiro atoms. The zero-order chi connectivity index (χ0) is 25.1. The first-order chi connectivity index (χ1) is 15.5. The molecule has 9 N–H and O–H groups in total. The Kier molecular flexibility index (Phi) is 11.3. The van der Waals surface area contributed by atoms with E-state index in [0.29, 0.717) is 19.4 Å². The third-order valence-corrected chi connectivity index (χ3v) is 5.50. The molecule has 1 aliphatic heterocycles. The summed E-state index contributed by atoms with van der Waals surface area (Å²) in [6, 6.07) is -4.31. The topological polar surface area (TPSA) is 223 Å². The number of primary amides is 2. The van der Waals surface area contributed by atoms with Gasteiger partial charge in [-0.05, 0) is 31.7 Å². The molecule has 1 saturated heterocycles. The summed E-state index contributed by atoms with van der Waals surface area (Å²) in [4.78, 5) is 71.9. The summed E-state index contributed by atoms with van der Waals surface area (Å²) in [5, 5.41) is 19.6. The van der Waals surface area contributed by atoms with Crippen LogP contribution >= 0.6 is 0 Å². The van der Waals surface area contributed by atoms with E-state index in [4.69, 9.17) is 11.5 Å². The van der Waals surface area contributed by atoms with Crippen LogP contribution in [-0.4, -0.2) is 71.3 Å². The van der Waals surface area contributed by atoms with Crippen LogP contribution in [0, 0.1) is 5.92 Å². The number of carboxylic acids is 1. The summed E-state index contributed by atoms with van der Waals surface area (Å²) < 4.78 is 0. The van der Waals surface area contributed by atoms with E-state index < -0.39 is 72.0 Å². The molecule has 0 aromatic heterocycles. The van der Waals surface area contributed by atoms with Gasteiger partial charge in [0.15, 0.2) is 0 Å². The van der Waals surface area contributed by atoms with Crippen LogP contribution in [0.3, 0.4) is 0 Å². The van der Waals surface area contributed by atoms with E-state index in [2.05, 4.69) is 21.3 Å². The number of hydrogen-bond donors (Lipinski definition) is 7. The van der Waals surface area contributed by atoms with Gasteiger partial charge in [0.2, 0.25) is 29.5 Å². The first-order valence-corrected chi connectivity index (χ1v) is 10.9. The Morgan fingerprint density at radius 1 is 1.00 bits per heavy atom. The fraction of sp³-hybridized carbons (Fsp3) is 0.700. The maximum atomic E-state index is 13.0. The van der Waals surface area contributed by atoms with Crippen molar-refractivity contribution in [2.24, 2.45) is 17.4 Å². The van der Waals surface area contributed by atoms with Crippen LogP contribution in [0.2, 0.25) is 0 Å². The standard InChI is InChI=1S/C20H34N6O7/c1-3-10(2)16(19(31)25-13(20(32)33)9-15(22)28)26-18(30)12(6-7-14(21)27)24-17(29)11-5-4-8-23-11/h10-13,16,23H,3-9H2,1-2H3,(H2,21,27)(H2,22,28)(H,24,29)(H,25,31)(H,26,30)(H,32,33). The SMILES string of the molecule is CCC(C)C(NC(=O)C(CCC(N)=O)NC(=O)C1CCCN1)C(=O)NC(CC(N)=O)C(=O)O. The Balaban J connectivity index is 2.98. The van der Waals surface area contributed by atoms with Gasteiger partial charge in [-0.1, -0.05) is 20.3 Å². The highest BCUT2D eigenvalue weighted by molar-refractivity contribution is 5.95. The lowest BCUT2D eigenvalue weighted by Crippen LogP contribution is -2.59. The predicted octanol–water partition coefficient (Wildman–Crippen LogP) is -2.54. The van der Waals surface area contributed by atoms with E-state index in [1.54, 1.807) is 13.8 Å². The van der Waals surface area contributed by atoms with Gasteiger partial charge in [0, 0.05) is 6.42 Å². The lowest BCUT2D eigenvalue weighted by atomic mass is 9.97. The van der Waals surface area contributed by atoms with Crippen molar-refractivity contribution >= 4 is 35.5 Å². The molecule has 0 saturated carbocycles. The van der Waals surface area contributed by atoms with E-state index in [1.807, 2.05) is 0 Å². The van der Waals surface area contributed by atoms with Crippen molar-refractivity contribution in [3.63, 3.8) is 0 Å². The maximum absolute atomic E-state index is 13.0. The largest absolute Gasteiger partial charge is 0.480 e. The normalized spacial score (nSPS) is 18.9. The molecule has 0 aromatic rings. The summed E-state index contributed by atoms with van der Waals surface area (Å²) in [5.74, 6) is -5.38. The van der Waals surface area contributed by atoms with Gasteiger partial charge in [-0.25, -0.2) is 4.79 Å². The van der Waals surface area contributed by atoms with E-state index in [9.17, 15) is 33.9 Å². The Hall–Kier alpha value is -3.22. The van der Waals surface area contributed by atoms with Crippen molar-refractivity contribution in [3.05, 3.63) is 0 Å². The summed E-state index contributed by atoms with van der Waals surface area (Å²) in [7, 11) is 0. The van der Waals surface area contributed by atoms with E-state index in [0.717, 1.165) is 6.42 Å². The van der Waals surface area contributed by atoms with Crippen LogP contribution in [-0.2, 0) is 28.8 Å². The summed E-state index contributed by atoms with van der Waals surface area (Å²) in [6.45, 7) is 4.11. The summed E-state index contributed by atoms with van der Waals surface area (Å²) >= 11 is 0. The fourth-order valence-electron chi connectivity index (χ4n) is 3.35. The number of aliphatic carboxylic acids is 1. The van der Waals surface area contributed by atoms with Gasteiger partial charge >= 0.3 is 5.97 Å². The van der Waals surface area contributed by atoms with E-state index in [1.165, 1.54) is 0 Å². The molecule has 1 heterocycles. The lowest BCUT2D eigenvalue weighted by molar-refractivity contribution is -0.144. The minimum Gasteiger partial charge on any atom is -0.480 e. The third kappa shape index (κ3) is 9.43. The third-order valence-electron chi connectivity index (χ3n) is 5.50. The second kappa shape index (κ2) is 13.4. The molecule has 5 amide bonds. The number of carbonyl (C=O) groups is 6. The van der Waals surface area contributed by atoms with E-state index >= 15 is 0 Å². The van der Waals surface area contributed by atoms with Crippen LogP contribution in [0.25, 0.3) is 0 Å². The number of hydrogen-bond acceptors (Lipinski definition) is 7. The molecule has 5 unspecified atom stereocenters. The van der Waals surface area contributed by atoms with Gasteiger partial charge in [-0.3, -0.25) is 24.0 Å². The van der Waals surface area contributed by atoms with Gasteiger partial charge < -0.3 is 37.8 Å². The number of carbonyl (C=O) groups excluding carboxylic acids is 5. The Morgan fingerprint density at radius 3 is 2.15 bits per heavy atom. The molecule has 33 heavy (non-hydrogen) atoms. The van der Waals surface area contributed by atoms with Crippen molar-refractivity contribution in [1.29, 1.82) is 0 Å². The van der Waals surface area contributed by atoms with Crippen LogP contribution in [0.1, 0.15) is 52.4 Å². The van der Waals surface area contributed by atoms with Crippen LogP contribution in [0.15, 0.2) is 0 Å². The first-order valence-electron chi connectivity index (χ1n) is 10.9. The van der Waals surface area contributed by atoms with Crippen molar-refractivity contribution in [3.8, 4) is 0 Å². The highest BCUT2D eigenvalue weighted by atomic mass is 16.4. The number of amides is 5. The molecule has 13 heteroatoms. The van der Waals surface area contributed by atoms with Crippen LogP contribution < -0.4 is 32.7 Å². The van der Waals surface area contributed by atoms with Gasteiger partial charge in [-0.2, -0.15) is 0 Å². The number of nitrogens with one attached hydrogen (secondary N) is 4. The smallest absolute Gasteiger partial charge is 0.326 e. The van der Waals surface area contributed by atoms with Crippen LogP contribution in [0.5, 0.6) is 0 Å². The summed E-state index contributed by atoms with van der Waals surface area (Å²) in [5.41, 5.74) is 10.2. The zero-order valence-electron chi connectivity index (χ0n) is 18.9. The molecule has 5 atom stereocenters.